The smallest absolute Gasteiger partial charge is 0.134 e. The first kappa shape index (κ1) is 14.0. The molecule has 2 nitrogen and oxygen atoms in total. The van der Waals surface area contributed by atoms with Crippen molar-refractivity contribution in [2.45, 2.75) is 13.0 Å². The predicted octanol–water partition coefficient (Wildman–Crippen LogP) is 4.72. The lowest BCUT2D eigenvalue weighted by Crippen LogP contribution is -2.12. The van der Waals surface area contributed by atoms with Gasteiger partial charge in [-0.25, -0.2) is 8.78 Å². The molecule has 1 heterocycles. The minimum atomic E-state index is -0.749. The Morgan fingerprint density at radius 3 is 2.43 bits per heavy atom. The third-order valence-corrected chi connectivity index (χ3v) is 3.70. The quantitative estimate of drug-likeness (QED) is 0.744. The fourth-order valence-corrected chi connectivity index (χ4v) is 2.59. The van der Waals surface area contributed by atoms with E-state index in [0.717, 1.165) is 17.0 Å². The Morgan fingerprint density at radius 1 is 1.10 bits per heavy atom. The number of rotatable bonds is 2. The number of benzene rings is 2. The van der Waals surface area contributed by atoms with Crippen LogP contribution < -0.4 is 5.73 Å². The molecule has 0 amide bonds. The number of furan rings is 1. The van der Waals surface area contributed by atoms with Crippen molar-refractivity contribution in [3.63, 3.8) is 0 Å². The van der Waals surface area contributed by atoms with Crippen LogP contribution in [0.25, 0.3) is 11.0 Å². The van der Waals surface area contributed by atoms with Gasteiger partial charge in [-0.15, -0.1) is 0 Å². The summed E-state index contributed by atoms with van der Waals surface area (Å²) in [5.41, 5.74) is 7.86. The van der Waals surface area contributed by atoms with E-state index in [4.69, 9.17) is 21.8 Å². The highest BCUT2D eigenvalue weighted by atomic mass is 35.5. The number of hydrogen-bond acceptors (Lipinski definition) is 2. The van der Waals surface area contributed by atoms with E-state index in [1.54, 1.807) is 18.2 Å². The van der Waals surface area contributed by atoms with Crippen LogP contribution in [0.1, 0.15) is 22.9 Å². The van der Waals surface area contributed by atoms with Gasteiger partial charge in [0.2, 0.25) is 0 Å². The van der Waals surface area contributed by atoms with Crippen LogP contribution in [0.4, 0.5) is 8.78 Å². The first-order valence-corrected chi connectivity index (χ1v) is 6.73. The molecule has 2 N–H and O–H groups in total. The largest absolute Gasteiger partial charge is 0.459 e. The Morgan fingerprint density at radius 2 is 1.76 bits per heavy atom. The molecule has 1 unspecified atom stereocenters. The summed E-state index contributed by atoms with van der Waals surface area (Å²) in [5.74, 6) is -0.869. The van der Waals surface area contributed by atoms with Gasteiger partial charge in [0.1, 0.15) is 23.0 Å². The van der Waals surface area contributed by atoms with E-state index in [2.05, 4.69) is 0 Å². The van der Waals surface area contributed by atoms with Crippen molar-refractivity contribution in [1.82, 2.24) is 0 Å². The SMILES string of the molecule is Cc1c(C(N)c2cc(F)cc(F)c2)oc2ccc(Cl)cc12. The van der Waals surface area contributed by atoms with Gasteiger partial charge in [-0.2, -0.15) is 0 Å². The minimum Gasteiger partial charge on any atom is -0.459 e. The van der Waals surface area contributed by atoms with Crippen molar-refractivity contribution >= 4 is 22.6 Å². The fourth-order valence-electron chi connectivity index (χ4n) is 2.41. The van der Waals surface area contributed by atoms with Crippen LogP contribution in [0.5, 0.6) is 0 Å². The van der Waals surface area contributed by atoms with Crippen molar-refractivity contribution in [2.24, 2.45) is 5.73 Å². The van der Waals surface area contributed by atoms with Crippen LogP contribution in [0.3, 0.4) is 0 Å². The number of hydrogen-bond donors (Lipinski definition) is 1. The summed E-state index contributed by atoms with van der Waals surface area (Å²) in [4.78, 5) is 0. The lowest BCUT2D eigenvalue weighted by Gasteiger charge is -2.10. The summed E-state index contributed by atoms with van der Waals surface area (Å²) in [7, 11) is 0. The van der Waals surface area contributed by atoms with Crippen LogP contribution >= 0.6 is 11.6 Å². The molecule has 3 rings (SSSR count). The van der Waals surface area contributed by atoms with Gasteiger partial charge in [0.15, 0.2) is 0 Å². The molecule has 0 aliphatic heterocycles. The van der Waals surface area contributed by atoms with E-state index in [-0.39, 0.29) is 0 Å². The van der Waals surface area contributed by atoms with Crippen LogP contribution in [0.2, 0.25) is 5.02 Å². The van der Waals surface area contributed by atoms with Gasteiger partial charge in [0.05, 0.1) is 6.04 Å². The normalized spacial score (nSPS) is 12.8. The maximum Gasteiger partial charge on any atom is 0.134 e. The third kappa shape index (κ3) is 2.52. The maximum absolute atomic E-state index is 13.3. The molecule has 0 aliphatic rings. The van der Waals surface area contributed by atoms with Crippen LogP contribution in [-0.2, 0) is 0 Å². The average Bonchev–Trinajstić information content (AvgIpc) is 2.74. The Bertz CT molecular complexity index is 808. The van der Waals surface area contributed by atoms with E-state index in [1.165, 1.54) is 12.1 Å². The highest BCUT2D eigenvalue weighted by Crippen LogP contribution is 2.33. The lowest BCUT2D eigenvalue weighted by atomic mass is 10.0. The van der Waals surface area contributed by atoms with Crippen LogP contribution in [0.15, 0.2) is 40.8 Å². The topological polar surface area (TPSA) is 39.2 Å². The molecule has 1 atom stereocenters. The van der Waals surface area contributed by atoms with Gasteiger partial charge in [-0.1, -0.05) is 11.6 Å². The molecule has 0 saturated carbocycles. The van der Waals surface area contributed by atoms with Gasteiger partial charge < -0.3 is 10.2 Å². The molecule has 3 aromatic rings. The standard InChI is InChI=1S/C16H12ClF2NO/c1-8-13-6-10(17)2-3-14(13)21-16(8)15(20)9-4-11(18)7-12(19)5-9/h2-7,15H,20H2,1H3. The van der Waals surface area contributed by atoms with E-state index in [1.807, 2.05) is 6.92 Å². The molecule has 0 radical (unpaired) electrons. The molecule has 0 bridgehead atoms. The second kappa shape index (κ2) is 5.13. The summed E-state index contributed by atoms with van der Waals surface area (Å²) in [6, 6.07) is 7.69. The minimum absolute atomic E-state index is 0.320. The van der Waals surface area contributed by atoms with E-state index in [0.29, 0.717) is 21.9 Å². The van der Waals surface area contributed by atoms with E-state index in [9.17, 15) is 8.78 Å². The van der Waals surface area contributed by atoms with Crippen molar-refractivity contribution in [1.29, 1.82) is 0 Å². The zero-order valence-corrected chi connectivity index (χ0v) is 11.9. The van der Waals surface area contributed by atoms with Crippen molar-refractivity contribution in [3.05, 3.63) is 69.9 Å². The molecule has 108 valence electrons. The lowest BCUT2D eigenvalue weighted by molar-refractivity contribution is 0.516. The van der Waals surface area contributed by atoms with Gasteiger partial charge in [-0.05, 0) is 42.8 Å². The Labute approximate surface area is 125 Å². The summed E-state index contributed by atoms with van der Waals surface area (Å²) in [5, 5.41) is 1.42. The highest BCUT2D eigenvalue weighted by Gasteiger charge is 2.20. The Hall–Kier alpha value is -1.91. The third-order valence-electron chi connectivity index (χ3n) is 3.46. The van der Waals surface area contributed by atoms with E-state index >= 15 is 0 Å². The summed E-state index contributed by atoms with van der Waals surface area (Å²) < 4.78 is 32.4. The summed E-state index contributed by atoms with van der Waals surface area (Å²) in [6.07, 6.45) is 0. The molecular formula is C16H12ClF2NO. The number of fused-ring (bicyclic) bond motifs is 1. The first-order valence-electron chi connectivity index (χ1n) is 6.36. The number of nitrogens with two attached hydrogens (primary N) is 1. The molecular weight excluding hydrogens is 296 g/mol. The molecule has 21 heavy (non-hydrogen) atoms. The van der Waals surface area contributed by atoms with Crippen LogP contribution in [-0.4, -0.2) is 0 Å². The van der Waals surface area contributed by atoms with Crippen LogP contribution in [0, 0.1) is 18.6 Å². The monoisotopic (exact) mass is 307 g/mol. The van der Waals surface area contributed by atoms with Crippen molar-refractivity contribution in [2.75, 3.05) is 0 Å². The van der Waals surface area contributed by atoms with Gasteiger partial charge in [-0.3, -0.25) is 0 Å². The molecule has 5 heteroatoms. The van der Waals surface area contributed by atoms with Gasteiger partial charge >= 0.3 is 0 Å². The fraction of sp³-hybridized carbons (Fsp3) is 0.125. The Kier molecular flexibility index (Phi) is 3.43. The van der Waals surface area contributed by atoms with Crippen molar-refractivity contribution < 1.29 is 13.2 Å². The average molecular weight is 308 g/mol. The Balaban J connectivity index is 2.13. The number of aryl methyl sites for hydroxylation is 1. The summed E-state index contributed by atoms with van der Waals surface area (Å²) in [6.45, 7) is 1.84. The van der Waals surface area contributed by atoms with E-state index < -0.39 is 17.7 Å². The second-order valence-corrected chi connectivity index (χ2v) is 5.35. The van der Waals surface area contributed by atoms with Gasteiger partial charge in [0, 0.05) is 22.0 Å². The molecule has 0 aliphatic carbocycles. The second-order valence-electron chi connectivity index (χ2n) is 4.91. The highest BCUT2D eigenvalue weighted by molar-refractivity contribution is 6.31. The molecule has 2 aromatic carbocycles. The van der Waals surface area contributed by atoms with Crippen molar-refractivity contribution in [3.8, 4) is 0 Å². The van der Waals surface area contributed by atoms with Gasteiger partial charge in [0.25, 0.3) is 0 Å². The molecule has 0 saturated heterocycles. The zero-order chi connectivity index (χ0) is 15.1. The molecule has 0 fully saturated rings. The molecule has 0 spiro atoms. The first-order chi connectivity index (χ1) is 9.95. The maximum atomic E-state index is 13.3. The number of halogens is 3. The summed E-state index contributed by atoms with van der Waals surface area (Å²) >= 11 is 5.97. The zero-order valence-electron chi connectivity index (χ0n) is 11.2. The predicted molar refractivity (Wildman–Crippen MR) is 78.3 cm³/mol. The molecule has 1 aromatic heterocycles.